The highest BCUT2D eigenvalue weighted by Gasteiger charge is 2.07. The molecule has 0 atom stereocenters. The van der Waals surface area contributed by atoms with E-state index < -0.39 is 0 Å². The Balaban J connectivity index is 1.65. The van der Waals surface area contributed by atoms with Crippen LogP contribution in [0.25, 0.3) is 0 Å². The molecule has 122 valence electrons. The Morgan fingerprint density at radius 1 is 0.880 bits per heavy atom. The molecule has 0 aliphatic carbocycles. The van der Waals surface area contributed by atoms with Gasteiger partial charge in [-0.2, -0.15) is 5.26 Å². The Kier molecular flexibility index (Phi) is 5.12. The third-order valence-corrected chi connectivity index (χ3v) is 3.97. The molecule has 3 aromatic rings. The highest BCUT2D eigenvalue weighted by molar-refractivity contribution is 9.10. The van der Waals surface area contributed by atoms with Gasteiger partial charge in [0.15, 0.2) is 0 Å². The van der Waals surface area contributed by atoms with E-state index in [1.54, 1.807) is 48.5 Å². The molecule has 0 unspecified atom stereocenters. The van der Waals surface area contributed by atoms with Crippen molar-refractivity contribution in [1.29, 1.82) is 5.26 Å². The lowest BCUT2D eigenvalue weighted by atomic mass is 10.2. The lowest BCUT2D eigenvalue weighted by Crippen LogP contribution is -2.11. The molecule has 0 aliphatic heterocycles. The van der Waals surface area contributed by atoms with Crippen LogP contribution < -0.4 is 10.1 Å². The van der Waals surface area contributed by atoms with Crippen molar-refractivity contribution in [1.82, 2.24) is 0 Å². The van der Waals surface area contributed by atoms with Gasteiger partial charge in [0.05, 0.1) is 11.6 Å². The van der Waals surface area contributed by atoms with Crippen molar-refractivity contribution in [3.8, 4) is 17.6 Å². The largest absolute Gasteiger partial charge is 0.457 e. The zero-order valence-electron chi connectivity index (χ0n) is 13.1. The van der Waals surface area contributed by atoms with Crippen LogP contribution >= 0.6 is 15.9 Å². The molecule has 25 heavy (non-hydrogen) atoms. The van der Waals surface area contributed by atoms with Gasteiger partial charge in [0.25, 0.3) is 5.91 Å². The van der Waals surface area contributed by atoms with E-state index in [1.807, 2.05) is 24.3 Å². The van der Waals surface area contributed by atoms with E-state index >= 15 is 0 Å². The van der Waals surface area contributed by atoms with Gasteiger partial charge in [0.2, 0.25) is 0 Å². The minimum absolute atomic E-state index is 0.188. The second-order valence-electron chi connectivity index (χ2n) is 5.22. The number of hydrogen-bond acceptors (Lipinski definition) is 3. The Labute approximate surface area is 153 Å². The maximum atomic E-state index is 12.2. The first kappa shape index (κ1) is 16.7. The van der Waals surface area contributed by atoms with Gasteiger partial charge in [0, 0.05) is 15.7 Å². The van der Waals surface area contributed by atoms with Gasteiger partial charge in [-0.25, -0.2) is 0 Å². The molecule has 0 spiro atoms. The second-order valence-corrected chi connectivity index (χ2v) is 6.14. The van der Waals surface area contributed by atoms with E-state index in [0.717, 1.165) is 10.2 Å². The van der Waals surface area contributed by atoms with Crippen molar-refractivity contribution in [2.24, 2.45) is 0 Å². The number of halogens is 1. The Hall–Kier alpha value is -3.10. The molecule has 3 rings (SSSR count). The van der Waals surface area contributed by atoms with Crippen LogP contribution in [0.3, 0.4) is 0 Å². The van der Waals surface area contributed by atoms with Crippen LogP contribution in [-0.2, 0) is 0 Å². The minimum Gasteiger partial charge on any atom is -0.457 e. The molecule has 0 fully saturated rings. The normalized spacial score (nSPS) is 9.92. The molecule has 0 saturated carbocycles. The molecule has 0 radical (unpaired) electrons. The van der Waals surface area contributed by atoms with E-state index in [-0.39, 0.29) is 5.91 Å². The van der Waals surface area contributed by atoms with Gasteiger partial charge in [-0.1, -0.05) is 15.9 Å². The van der Waals surface area contributed by atoms with Gasteiger partial charge in [0.1, 0.15) is 11.5 Å². The van der Waals surface area contributed by atoms with Crippen molar-refractivity contribution in [3.05, 3.63) is 88.4 Å². The summed E-state index contributed by atoms with van der Waals surface area (Å²) in [5.74, 6) is 1.06. The van der Waals surface area contributed by atoms with Gasteiger partial charge in [-0.3, -0.25) is 4.79 Å². The van der Waals surface area contributed by atoms with Crippen LogP contribution in [0.5, 0.6) is 11.5 Å². The predicted molar refractivity (Wildman–Crippen MR) is 99.8 cm³/mol. The standard InChI is InChI=1S/C20H13BrN2O2/c21-16-5-7-17(8-6-16)23-20(24)15-3-11-19(12-4-15)25-18-9-1-14(13-22)2-10-18/h1-12H,(H,23,24). The van der Waals surface area contributed by atoms with Crippen molar-refractivity contribution >= 4 is 27.5 Å². The number of carbonyl (C=O) groups excluding carboxylic acids is 1. The molecule has 0 bridgehead atoms. The van der Waals surface area contributed by atoms with E-state index in [4.69, 9.17) is 10.00 Å². The maximum absolute atomic E-state index is 12.2. The smallest absolute Gasteiger partial charge is 0.255 e. The monoisotopic (exact) mass is 392 g/mol. The number of amides is 1. The van der Waals surface area contributed by atoms with Crippen molar-refractivity contribution in [2.75, 3.05) is 5.32 Å². The summed E-state index contributed by atoms with van der Waals surface area (Å²) in [4.78, 5) is 12.2. The zero-order valence-corrected chi connectivity index (χ0v) is 14.7. The number of nitrogens with zero attached hydrogens (tertiary/aromatic N) is 1. The third kappa shape index (κ3) is 4.46. The molecular weight excluding hydrogens is 380 g/mol. The maximum Gasteiger partial charge on any atom is 0.255 e. The van der Waals surface area contributed by atoms with Crippen LogP contribution in [0.15, 0.2) is 77.3 Å². The average molecular weight is 393 g/mol. The lowest BCUT2D eigenvalue weighted by Gasteiger charge is -2.08. The Morgan fingerprint density at radius 2 is 1.44 bits per heavy atom. The van der Waals surface area contributed by atoms with Crippen molar-refractivity contribution in [2.45, 2.75) is 0 Å². The average Bonchev–Trinajstić information content (AvgIpc) is 2.65. The van der Waals surface area contributed by atoms with E-state index in [9.17, 15) is 4.79 Å². The molecule has 1 N–H and O–H groups in total. The molecule has 1 amide bonds. The number of rotatable bonds is 4. The molecule has 0 heterocycles. The molecule has 0 aliphatic rings. The predicted octanol–water partition coefficient (Wildman–Crippen LogP) is 5.37. The summed E-state index contributed by atoms with van der Waals surface area (Å²) in [5.41, 5.74) is 1.84. The highest BCUT2D eigenvalue weighted by Crippen LogP contribution is 2.22. The Morgan fingerprint density at radius 3 is 2.00 bits per heavy atom. The van der Waals surface area contributed by atoms with Gasteiger partial charge < -0.3 is 10.1 Å². The summed E-state index contributed by atoms with van der Waals surface area (Å²) >= 11 is 3.36. The van der Waals surface area contributed by atoms with Gasteiger partial charge in [-0.05, 0) is 72.8 Å². The van der Waals surface area contributed by atoms with Gasteiger partial charge in [-0.15, -0.1) is 0 Å². The van der Waals surface area contributed by atoms with Gasteiger partial charge >= 0.3 is 0 Å². The minimum atomic E-state index is -0.188. The zero-order chi connectivity index (χ0) is 17.6. The third-order valence-electron chi connectivity index (χ3n) is 3.44. The number of anilines is 1. The van der Waals surface area contributed by atoms with Crippen molar-refractivity contribution in [3.63, 3.8) is 0 Å². The topological polar surface area (TPSA) is 62.1 Å². The summed E-state index contributed by atoms with van der Waals surface area (Å²) in [5, 5.41) is 11.6. The fourth-order valence-electron chi connectivity index (χ4n) is 2.14. The summed E-state index contributed by atoms with van der Waals surface area (Å²) in [7, 11) is 0. The first-order valence-electron chi connectivity index (χ1n) is 7.49. The number of carbonyl (C=O) groups is 1. The first-order valence-corrected chi connectivity index (χ1v) is 8.28. The molecule has 4 nitrogen and oxygen atoms in total. The fourth-order valence-corrected chi connectivity index (χ4v) is 2.41. The number of hydrogen-bond donors (Lipinski definition) is 1. The lowest BCUT2D eigenvalue weighted by molar-refractivity contribution is 0.102. The molecule has 3 aromatic carbocycles. The molecule has 5 heteroatoms. The number of nitriles is 1. The first-order chi connectivity index (χ1) is 12.1. The number of ether oxygens (including phenoxy) is 1. The van der Waals surface area contributed by atoms with Crippen LogP contribution in [0.2, 0.25) is 0 Å². The van der Waals surface area contributed by atoms with E-state index in [2.05, 4.69) is 27.3 Å². The van der Waals surface area contributed by atoms with Crippen LogP contribution in [-0.4, -0.2) is 5.91 Å². The van der Waals surface area contributed by atoms with Crippen molar-refractivity contribution < 1.29 is 9.53 Å². The highest BCUT2D eigenvalue weighted by atomic mass is 79.9. The molecule has 0 aromatic heterocycles. The van der Waals surface area contributed by atoms with E-state index in [1.165, 1.54) is 0 Å². The molecular formula is C20H13BrN2O2. The summed E-state index contributed by atoms with van der Waals surface area (Å²) in [6, 6.07) is 23.1. The summed E-state index contributed by atoms with van der Waals surface area (Å²) < 4.78 is 6.65. The Bertz CT molecular complexity index is 912. The van der Waals surface area contributed by atoms with Crippen LogP contribution in [0.4, 0.5) is 5.69 Å². The molecule has 0 saturated heterocycles. The quantitative estimate of drug-likeness (QED) is 0.649. The van der Waals surface area contributed by atoms with Crippen LogP contribution in [0, 0.1) is 11.3 Å². The number of benzene rings is 3. The fraction of sp³-hybridized carbons (Fsp3) is 0. The van der Waals surface area contributed by atoms with Crippen LogP contribution in [0.1, 0.15) is 15.9 Å². The summed E-state index contributed by atoms with van der Waals surface area (Å²) in [6.07, 6.45) is 0. The number of nitrogens with one attached hydrogen (secondary N) is 1. The SMILES string of the molecule is N#Cc1ccc(Oc2ccc(C(=O)Nc3ccc(Br)cc3)cc2)cc1. The summed E-state index contributed by atoms with van der Waals surface area (Å²) in [6.45, 7) is 0. The second kappa shape index (κ2) is 7.65. The van der Waals surface area contributed by atoms with E-state index in [0.29, 0.717) is 22.6 Å².